The highest BCUT2D eigenvalue weighted by atomic mass is 32.2. The summed E-state index contributed by atoms with van der Waals surface area (Å²) in [4.78, 5) is 39.7. The van der Waals surface area contributed by atoms with Crippen molar-refractivity contribution < 1.29 is 23.9 Å². The van der Waals surface area contributed by atoms with Crippen molar-refractivity contribution in [3.8, 4) is 11.5 Å². The van der Waals surface area contributed by atoms with Crippen LogP contribution in [0.1, 0.15) is 48.9 Å². The molecule has 4 rings (SSSR count). The molecule has 1 saturated heterocycles. The third-order valence-electron chi connectivity index (χ3n) is 6.12. The highest BCUT2D eigenvalue weighted by molar-refractivity contribution is 8.18. The van der Waals surface area contributed by atoms with Crippen LogP contribution in [0.5, 0.6) is 11.5 Å². The fraction of sp³-hybridized carbons (Fsp3) is 0.258. The first-order chi connectivity index (χ1) is 18.7. The molecule has 1 fully saturated rings. The first-order valence-corrected chi connectivity index (χ1v) is 13.7. The van der Waals surface area contributed by atoms with E-state index < -0.39 is 0 Å². The van der Waals surface area contributed by atoms with Gasteiger partial charge in [0.2, 0.25) is 0 Å². The Morgan fingerprint density at radius 1 is 1.00 bits per heavy atom. The minimum absolute atomic E-state index is 0.191. The van der Waals surface area contributed by atoms with Gasteiger partial charge in [-0.15, -0.1) is 0 Å². The van der Waals surface area contributed by atoms with Crippen LogP contribution in [0.4, 0.5) is 10.5 Å². The second kappa shape index (κ2) is 12.7. The zero-order valence-corrected chi connectivity index (χ0v) is 23.3. The lowest BCUT2D eigenvalue weighted by molar-refractivity contribution is -0.123. The molecule has 0 aliphatic carbocycles. The van der Waals surface area contributed by atoms with E-state index in [1.54, 1.807) is 24.3 Å². The van der Waals surface area contributed by atoms with Crippen LogP contribution >= 0.6 is 11.8 Å². The van der Waals surface area contributed by atoms with Crippen LogP contribution in [0.25, 0.3) is 6.08 Å². The van der Waals surface area contributed by atoms with Crippen LogP contribution in [-0.4, -0.2) is 35.2 Å². The number of ether oxygens (including phenoxy) is 2. The Hall–Kier alpha value is -4.04. The molecule has 1 aliphatic heterocycles. The number of anilines is 1. The maximum absolute atomic E-state index is 13.0. The van der Waals surface area contributed by atoms with E-state index in [2.05, 4.69) is 19.2 Å². The number of carbonyl (C=O) groups is 3. The summed E-state index contributed by atoms with van der Waals surface area (Å²) in [6.07, 6.45) is 1.67. The lowest BCUT2D eigenvalue weighted by Crippen LogP contribution is -2.27. The topological polar surface area (TPSA) is 84.9 Å². The number of imide groups is 1. The van der Waals surface area contributed by atoms with Crippen molar-refractivity contribution in [3.05, 3.63) is 93.9 Å². The summed E-state index contributed by atoms with van der Waals surface area (Å²) in [5.74, 6) is 0.511. The SMILES string of the molecule is CCOc1cc(/C=C2\SC(=O)N(Cc3ccc(C)cc3)C2=O)ccc1OCC(=O)Nc1ccccc1C(C)C. The molecule has 202 valence electrons. The molecule has 0 atom stereocenters. The van der Waals surface area contributed by atoms with Gasteiger partial charge >= 0.3 is 0 Å². The molecule has 0 bridgehead atoms. The molecule has 0 unspecified atom stereocenters. The van der Waals surface area contributed by atoms with E-state index in [4.69, 9.17) is 9.47 Å². The molecular weight excluding hydrogens is 512 g/mol. The van der Waals surface area contributed by atoms with Crippen LogP contribution in [0, 0.1) is 6.92 Å². The monoisotopic (exact) mass is 544 g/mol. The number of nitrogens with one attached hydrogen (secondary N) is 1. The van der Waals surface area contributed by atoms with E-state index in [0.29, 0.717) is 28.6 Å². The summed E-state index contributed by atoms with van der Waals surface area (Å²) in [6.45, 7) is 8.40. The Labute approximate surface area is 233 Å². The number of benzene rings is 3. The van der Waals surface area contributed by atoms with Crippen molar-refractivity contribution in [2.75, 3.05) is 18.5 Å². The van der Waals surface area contributed by atoms with E-state index in [9.17, 15) is 14.4 Å². The fourth-order valence-corrected chi connectivity index (χ4v) is 4.95. The first kappa shape index (κ1) is 28.0. The van der Waals surface area contributed by atoms with Gasteiger partial charge in [0.15, 0.2) is 18.1 Å². The average molecular weight is 545 g/mol. The van der Waals surface area contributed by atoms with Crippen molar-refractivity contribution in [1.82, 2.24) is 4.90 Å². The van der Waals surface area contributed by atoms with Gasteiger partial charge in [0, 0.05) is 5.69 Å². The van der Waals surface area contributed by atoms with Crippen molar-refractivity contribution in [2.24, 2.45) is 0 Å². The Morgan fingerprint density at radius 2 is 1.74 bits per heavy atom. The number of hydrogen-bond donors (Lipinski definition) is 1. The minimum Gasteiger partial charge on any atom is -0.490 e. The molecule has 1 aliphatic rings. The predicted octanol–water partition coefficient (Wildman–Crippen LogP) is 6.77. The third-order valence-corrected chi connectivity index (χ3v) is 7.02. The molecular formula is C31H32N2O5S. The van der Waals surface area contributed by atoms with Gasteiger partial charge < -0.3 is 14.8 Å². The molecule has 39 heavy (non-hydrogen) atoms. The molecule has 0 aromatic heterocycles. The summed E-state index contributed by atoms with van der Waals surface area (Å²) in [7, 11) is 0. The number of carbonyl (C=O) groups excluding carboxylic acids is 3. The Bertz CT molecular complexity index is 1400. The van der Waals surface area contributed by atoms with E-state index >= 15 is 0 Å². The smallest absolute Gasteiger partial charge is 0.293 e. The van der Waals surface area contributed by atoms with E-state index in [1.807, 2.05) is 62.4 Å². The van der Waals surface area contributed by atoms with Crippen LogP contribution in [0.3, 0.4) is 0 Å². The number of amides is 3. The van der Waals surface area contributed by atoms with Crippen molar-refractivity contribution >= 4 is 40.6 Å². The number of aryl methyl sites for hydroxylation is 1. The van der Waals surface area contributed by atoms with Crippen LogP contribution in [-0.2, 0) is 16.1 Å². The maximum atomic E-state index is 13.0. The van der Waals surface area contributed by atoms with Crippen molar-refractivity contribution in [3.63, 3.8) is 0 Å². The van der Waals surface area contributed by atoms with Crippen LogP contribution in [0.15, 0.2) is 71.6 Å². The van der Waals surface area contributed by atoms with Gasteiger partial charge in [-0.1, -0.05) is 67.9 Å². The maximum Gasteiger partial charge on any atom is 0.293 e. The van der Waals surface area contributed by atoms with Crippen molar-refractivity contribution in [2.45, 2.75) is 40.2 Å². The van der Waals surface area contributed by atoms with Crippen LogP contribution in [0.2, 0.25) is 0 Å². The third kappa shape index (κ3) is 7.09. The molecule has 1 heterocycles. The van der Waals surface area contributed by atoms with Gasteiger partial charge in [-0.05, 0) is 72.5 Å². The lowest BCUT2D eigenvalue weighted by Gasteiger charge is -2.15. The summed E-state index contributed by atoms with van der Waals surface area (Å²) in [5, 5.41) is 2.61. The van der Waals surface area contributed by atoms with Gasteiger partial charge in [0.1, 0.15) is 0 Å². The molecule has 0 radical (unpaired) electrons. The highest BCUT2D eigenvalue weighted by Crippen LogP contribution is 2.35. The molecule has 0 spiro atoms. The lowest BCUT2D eigenvalue weighted by atomic mass is 10.0. The van der Waals surface area contributed by atoms with Crippen LogP contribution < -0.4 is 14.8 Å². The van der Waals surface area contributed by atoms with Gasteiger partial charge in [0.05, 0.1) is 18.1 Å². The Balaban J connectivity index is 1.44. The normalized spacial score (nSPS) is 14.3. The number of thioether (sulfide) groups is 1. The molecule has 0 saturated carbocycles. The van der Waals surface area contributed by atoms with Crippen molar-refractivity contribution in [1.29, 1.82) is 0 Å². The predicted molar refractivity (Wildman–Crippen MR) is 155 cm³/mol. The second-order valence-electron chi connectivity index (χ2n) is 9.47. The van der Waals surface area contributed by atoms with Gasteiger partial charge in [-0.25, -0.2) is 0 Å². The quantitative estimate of drug-likeness (QED) is 0.284. The Morgan fingerprint density at radius 3 is 2.46 bits per heavy atom. The van der Waals surface area contributed by atoms with E-state index in [0.717, 1.165) is 34.1 Å². The summed E-state index contributed by atoms with van der Waals surface area (Å²) >= 11 is 0.914. The van der Waals surface area contributed by atoms with E-state index in [1.165, 1.54) is 4.90 Å². The summed E-state index contributed by atoms with van der Waals surface area (Å²) < 4.78 is 11.5. The molecule has 3 aromatic rings. The zero-order valence-electron chi connectivity index (χ0n) is 22.5. The number of nitrogens with zero attached hydrogens (tertiary/aromatic N) is 1. The minimum atomic E-state index is -0.331. The second-order valence-corrected chi connectivity index (χ2v) is 10.5. The fourth-order valence-electron chi connectivity index (χ4n) is 4.11. The van der Waals surface area contributed by atoms with Gasteiger partial charge in [-0.2, -0.15) is 0 Å². The number of hydrogen-bond acceptors (Lipinski definition) is 6. The standard InChI is InChI=1S/C31H32N2O5S/c1-5-37-27-16-23(17-28-30(35)33(31(36)39-28)18-22-12-10-21(4)11-13-22)14-15-26(27)38-19-29(34)32-25-9-7-6-8-24(25)20(2)3/h6-17,20H,5,18-19H2,1-4H3,(H,32,34)/b28-17-. The number of para-hydroxylation sites is 1. The molecule has 7 nitrogen and oxygen atoms in total. The van der Waals surface area contributed by atoms with Gasteiger partial charge in [-0.3, -0.25) is 19.3 Å². The molecule has 3 aromatic carbocycles. The highest BCUT2D eigenvalue weighted by Gasteiger charge is 2.35. The average Bonchev–Trinajstić information content (AvgIpc) is 3.17. The summed E-state index contributed by atoms with van der Waals surface area (Å²) in [5.41, 5.74) is 4.50. The largest absolute Gasteiger partial charge is 0.490 e. The zero-order chi connectivity index (χ0) is 27.9. The van der Waals surface area contributed by atoms with Gasteiger partial charge in [0.25, 0.3) is 17.1 Å². The molecule has 3 amide bonds. The van der Waals surface area contributed by atoms with E-state index in [-0.39, 0.29) is 36.1 Å². The first-order valence-electron chi connectivity index (χ1n) is 12.8. The summed E-state index contributed by atoms with van der Waals surface area (Å²) in [6, 6.07) is 20.6. The Kier molecular flexibility index (Phi) is 9.09. The molecule has 8 heteroatoms. The number of rotatable bonds is 10. The molecule has 1 N–H and O–H groups in total.